The molecule has 17 heavy (non-hydrogen) atoms. The Bertz CT molecular complexity index is 722. The van der Waals surface area contributed by atoms with Gasteiger partial charge in [-0.15, -0.1) is 11.3 Å². The fourth-order valence-corrected chi connectivity index (χ4v) is 2.21. The summed E-state index contributed by atoms with van der Waals surface area (Å²) >= 11 is 1.58. The molecule has 0 aliphatic heterocycles. The quantitative estimate of drug-likeness (QED) is 0.690. The zero-order chi connectivity index (χ0) is 11.7. The molecule has 4 nitrogen and oxygen atoms in total. The van der Waals surface area contributed by atoms with Crippen LogP contribution in [0.1, 0.15) is 4.88 Å². The number of aromatic amines is 1. The van der Waals surface area contributed by atoms with Gasteiger partial charge in [-0.1, -0.05) is 18.2 Å². The van der Waals surface area contributed by atoms with Crippen molar-refractivity contribution in [2.45, 2.75) is 0 Å². The van der Waals surface area contributed by atoms with Crippen molar-refractivity contribution in [2.75, 3.05) is 0 Å². The molecule has 0 atom stereocenters. The Hall–Kier alpha value is -2.14. The van der Waals surface area contributed by atoms with Crippen LogP contribution in [0.3, 0.4) is 0 Å². The van der Waals surface area contributed by atoms with Gasteiger partial charge in [-0.2, -0.15) is 9.78 Å². The maximum atomic E-state index is 11.7. The van der Waals surface area contributed by atoms with Crippen molar-refractivity contribution in [3.63, 3.8) is 0 Å². The van der Waals surface area contributed by atoms with E-state index in [1.165, 1.54) is 4.68 Å². The number of fused-ring (bicyclic) bond motifs is 1. The highest BCUT2D eigenvalue weighted by atomic mass is 32.1. The van der Waals surface area contributed by atoms with Crippen molar-refractivity contribution in [3.05, 3.63) is 57.1 Å². The second-order valence-corrected chi connectivity index (χ2v) is 4.50. The van der Waals surface area contributed by atoms with Crippen molar-refractivity contribution >= 4 is 28.6 Å². The SMILES string of the molecule is O=c1[nH]c2ccccc2n1/N=C/c1cccs1. The molecule has 0 aliphatic rings. The predicted molar refractivity (Wildman–Crippen MR) is 69.9 cm³/mol. The molecule has 0 unspecified atom stereocenters. The van der Waals surface area contributed by atoms with E-state index in [1.54, 1.807) is 17.6 Å². The highest BCUT2D eigenvalue weighted by Crippen LogP contribution is 2.09. The normalized spacial score (nSPS) is 11.5. The van der Waals surface area contributed by atoms with Gasteiger partial charge >= 0.3 is 5.69 Å². The molecule has 0 aliphatic carbocycles. The standard InChI is InChI=1S/C12H9N3OS/c16-12-14-10-5-1-2-6-11(10)15(12)13-8-9-4-3-7-17-9/h1-8H,(H,14,16)/b13-8+. The second-order valence-electron chi connectivity index (χ2n) is 3.52. The highest BCUT2D eigenvalue weighted by molar-refractivity contribution is 7.11. The van der Waals surface area contributed by atoms with Gasteiger partial charge in [0.05, 0.1) is 17.2 Å². The monoisotopic (exact) mass is 243 g/mol. The largest absolute Gasteiger partial charge is 0.347 e. The summed E-state index contributed by atoms with van der Waals surface area (Å²) in [6.07, 6.45) is 1.69. The zero-order valence-electron chi connectivity index (χ0n) is 8.83. The molecule has 3 aromatic rings. The van der Waals surface area contributed by atoms with Crippen LogP contribution in [0.2, 0.25) is 0 Å². The van der Waals surface area contributed by atoms with Crippen LogP contribution in [0, 0.1) is 0 Å². The molecule has 2 heterocycles. The number of nitrogens with one attached hydrogen (secondary N) is 1. The molecule has 1 aromatic carbocycles. The number of benzene rings is 1. The summed E-state index contributed by atoms with van der Waals surface area (Å²) in [6.45, 7) is 0. The molecule has 0 amide bonds. The van der Waals surface area contributed by atoms with Gasteiger partial charge < -0.3 is 4.98 Å². The molecule has 3 rings (SSSR count). The summed E-state index contributed by atoms with van der Waals surface area (Å²) in [7, 11) is 0. The van der Waals surface area contributed by atoms with Gasteiger partial charge in [-0.05, 0) is 23.6 Å². The third kappa shape index (κ3) is 1.81. The average Bonchev–Trinajstić information content (AvgIpc) is 2.93. The minimum absolute atomic E-state index is 0.223. The Balaban J connectivity index is 2.11. The maximum absolute atomic E-state index is 11.7. The van der Waals surface area contributed by atoms with Crippen LogP contribution in [0.15, 0.2) is 51.7 Å². The van der Waals surface area contributed by atoms with Crippen LogP contribution >= 0.6 is 11.3 Å². The number of hydrogen-bond donors (Lipinski definition) is 1. The lowest BCUT2D eigenvalue weighted by Gasteiger charge is -1.92. The first-order valence-corrected chi connectivity index (χ1v) is 6.00. The Morgan fingerprint density at radius 3 is 2.94 bits per heavy atom. The fraction of sp³-hybridized carbons (Fsp3) is 0. The Labute approximate surface area is 101 Å². The highest BCUT2D eigenvalue weighted by Gasteiger charge is 2.03. The molecule has 2 aromatic heterocycles. The summed E-state index contributed by atoms with van der Waals surface area (Å²) in [6, 6.07) is 11.4. The number of nitrogens with zero attached hydrogens (tertiary/aromatic N) is 2. The van der Waals surface area contributed by atoms with Crippen LogP contribution < -0.4 is 5.69 Å². The van der Waals surface area contributed by atoms with E-state index in [0.717, 1.165) is 15.9 Å². The fourth-order valence-electron chi connectivity index (χ4n) is 1.64. The van der Waals surface area contributed by atoms with Crippen LogP contribution in [0.25, 0.3) is 11.0 Å². The van der Waals surface area contributed by atoms with E-state index < -0.39 is 0 Å². The molecule has 5 heteroatoms. The maximum Gasteiger partial charge on any atom is 0.347 e. The van der Waals surface area contributed by atoms with Crippen molar-refractivity contribution in [3.8, 4) is 0 Å². The van der Waals surface area contributed by atoms with Crippen LogP contribution in [0.5, 0.6) is 0 Å². The van der Waals surface area contributed by atoms with Gasteiger partial charge in [0.1, 0.15) is 0 Å². The van der Waals surface area contributed by atoms with Crippen LogP contribution in [0.4, 0.5) is 0 Å². The number of para-hydroxylation sites is 2. The molecule has 0 radical (unpaired) electrons. The lowest BCUT2D eigenvalue weighted by molar-refractivity contribution is 0.864. The second kappa shape index (κ2) is 4.03. The van der Waals surface area contributed by atoms with Crippen LogP contribution in [-0.2, 0) is 0 Å². The smallest absolute Gasteiger partial charge is 0.304 e. The summed E-state index contributed by atoms with van der Waals surface area (Å²) in [5, 5.41) is 6.17. The van der Waals surface area contributed by atoms with Crippen molar-refractivity contribution < 1.29 is 0 Å². The summed E-state index contributed by atoms with van der Waals surface area (Å²) in [4.78, 5) is 15.5. The van der Waals surface area contributed by atoms with E-state index in [1.807, 2.05) is 41.8 Å². The first-order valence-electron chi connectivity index (χ1n) is 5.12. The number of imidazole rings is 1. The van der Waals surface area contributed by atoms with Crippen molar-refractivity contribution in [1.29, 1.82) is 0 Å². The number of thiophene rings is 1. The lowest BCUT2D eigenvalue weighted by Crippen LogP contribution is -2.12. The molecule has 84 valence electrons. The number of hydrogen-bond acceptors (Lipinski definition) is 3. The summed E-state index contributed by atoms with van der Waals surface area (Å²) < 4.78 is 1.37. The minimum Gasteiger partial charge on any atom is -0.304 e. The Morgan fingerprint density at radius 2 is 2.12 bits per heavy atom. The number of H-pyrrole nitrogens is 1. The summed E-state index contributed by atoms with van der Waals surface area (Å²) in [5.74, 6) is 0. The van der Waals surface area contributed by atoms with E-state index in [4.69, 9.17) is 0 Å². The van der Waals surface area contributed by atoms with Gasteiger partial charge in [0.15, 0.2) is 0 Å². The predicted octanol–water partition coefficient (Wildman–Crippen LogP) is 2.27. The zero-order valence-corrected chi connectivity index (χ0v) is 9.65. The van der Waals surface area contributed by atoms with E-state index in [-0.39, 0.29) is 5.69 Å². The third-order valence-electron chi connectivity index (χ3n) is 2.41. The van der Waals surface area contributed by atoms with Gasteiger partial charge in [-0.25, -0.2) is 4.79 Å². The third-order valence-corrected chi connectivity index (χ3v) is 3.22. The van der Waals surface area contributed by atoms with Crippen molar-refractivity contribution in [2.24, 2.45) is 5.10 Å². The Kier molecular flexibility index (Phi) is 2.38. The molecule has 0 saturated carbocycles. The molecule has 0 saturated heterocycles. The van der Waals surface area contributed by atoms with E-state index in [0.29, 0.717) is 0 Å². The molecular weight excluding hydrogens is 234 g/mol. The summed E-state index contributed by atoms with van der Waals surface area (Å²) in [5.41, 5.74) is 1.35. The van der Waals surface area contributed by atoms with E-state index >= 15 is 0 Å². The lowest BCUT2D eigenvalue weighted by atomic mass is 10.3. The van der Waals surface area contributed by atoms with Gasteiger partial charge in [0.25, 0.3) is 0 Å². The van der Waals surface area contributed by atoms with Crippen LogP contribution in [-0.4, -0.2) is 15.9 Å². The molecule has 0 fully saturated rings. The van der Waals surface area contributed by atoms with Gasteiger partial charge in [0, 0.05) is 4.88 Å². The van der Waals surface area contributed by atoms with E-state index in [2.05, 4.69) is 10.1 Å². The first kappa shape index (κ1) is 10.0. The van der Waals surface area contributed by atoms with E-state index in [9.17, 15) is 4.79 Å². The average molecular weight is 243 g/mol. The molecule has 0 spiro atoms. The molecule has 0 bridgehead atoms. The van der Waals surface area contributed by atoms with Crippen molar-refractivity contribution in [1.82, 2.24) is 9.66 Å². The Morgan fingerprint density at radius 1 is 1.24 bits per heavy atom. The van der Waals surface area contributed by atoms with Gasteiger partial charge in [0.2, 0.25) is 0 Å². The molecule has 1 N–H and O–H groups in total. The minimum atomic E-state index is -0.223. The number of rotatable bonds is 2. The topological polar surface area (TPSA) is 50.1 Å². The van der Waals surface area contributed by atoms with Gasteiger partial charge in [-0.3, -0.25) is 0 Å². The molecular formula is C12H9N3OS. The number of aromatic nitrogens is 2. The first-order chi connectivity index (χ1) is 8.34.